The van der Waals surface area contributed by atoms with Crippen molar-refractivity contribution < 1.29 is 34.2 Å². The second-order valence-corrected chi connectivity index (χ2v) is 6.54. The lowest BCUT2D eigenvalue weighted by atomic mass is 9.89. The number of rotatable bonds is 7. The van der Waals surface area contributed by atoms with Gasteiger partial charge in [0.1, 0.15) is 17.2 Å². The molecule has 7 nitrogen and oxygen atoms in total. The number of aliphatic hydroxyl groups is 1. The van der Waals surface area contributed by atoms with Gasteiger partial charge in [0.2, 0.25) is 0 Å². The molecular formula is C16H19O7P. The summed E-state index contributed by atoms with van der Waals surface area (Å²) in [7, 11) is -4.73. The molecule has 24 heavy (non-hydrogen) atoms. The Morgan fingerprint density at radius 2 is 1.62 bits per heavy atom. The monoisotopic (exact) mass is 354 g/mol. The van der Waals surface area contributed by atoms with Gasteiger partial charge in [0.05, 0.1) is 0 Å². The zero-order valence-electron chi connectivity index (χ0n) is 12.7. The molecular weight excluding hydrogens is 335 g/mol. The van der Waals surface area contributed by atoms with Crippen LogP contribution in [0.4, 0.5) is 0 Å². The van der Waals surface area contributed by atoms with E-state index in [-0.39, 0.29) is 36.2 Å². The van der Waals surface area contributed by atoms with Crippen LogP contribution in [-0.4, -0.2) is 31.7 Å². The smallest absolute Gasteiger partial charge is 0.508 e. The van der Waals surface area contributed by atoms with E-state index in [0.29, 0.717) is 12.0 Å². The normalized spacial score (nSPS) is 12.8. The Morgan fingerprint density at radius 1 is 1.00 bits per heavy atom. The van der Waals surface area contributed by atoms with Crippen molar-refractivity contribution in [2.24, 2.45) is 0 Å². The highest BCUT2D eigenvalue weighted by Crippen LogP contribution is 2.41. The van der Waals surface area contributed by atoms with Gasteiger partial charge in [0, 0.05) is 6.61 Å². The second kappa shape index (κ2) is 7.68. The van der Waals surface area contributed by atoms with Crippen molar-refractivity contribution in [2.75, 3.05) is 6.61 Å². The molecule has 2 aromatic rings. The third-order valence-electron chi connectivity index (χ3n) is 3.57. The van der Waals surface area contributed by atoms with Crippen LogP contribution in [0, 0.1) is 0 Å². The fourth-order valence-electron chi connectivity index (χ4n) is 2.50. The summed E-state index contributed by atoms with van der Waals surface area (Å²) in [6, 6.07) is 10.4. The van der Waals surface area contributed by atoms with Gasteiger partial charge in [0.25, 0.3) is 0 Å². The summed E-state index contributed by atoms with van der Waals surface area (Å²) in [5.74, 6) is -0.153. The zero-order chi connectivity index (χ0) is 17.7. The highest BCUT2D eigenvalue weighted by Gasteiger charge is 2.21. The van der Waals surface area contributed by atoms with Crippen molar-refractivity contribution in [3.8, 4) is 17.2 Å². The van der Waals surface area contributed by atoms with Gasteiger partial charge in [-0.25, -0.2) is 4.57 Å². The van der Waals surface area contributed by atoms with E-state index in [1.807, 2.05) is 0 Å². The van der Waals surface area contributed by atoms with Crippen LogP contribution in [0.5, 0.6) is 17.2 Å². The van der Waals surface area contributed by atoms with Crippen LogP contribution in [0.15, 0.2) is 42.5 Å². The third-order valence-corrected chi connectivity index (χ3v) is 4.00. The first kappa shape index (κ1) is 18.3. The molecule has 0 bridgehead atoms. The van der Waals surface area contributed by atoms with Gasteiger partial charge in [0.15, 0.2) is 0 Å². The molecule has 0 aliphatic rings. The molecule has 1 unspecified atom stereocenters. The van der Waals surface area contributed by atoms with E-state index in [1.54, 1.807) is 12.1 Å². The molecule has 0 saturated carbocycles. The zero-order valence-corrected chi connectivity index (χ0v) is 13.6. The average Bonchev–Trinajstić information content (AvgIpc) is 2.49. The van der Waals surface area contributed by atoms with E-state index in [1.165, 1.54) is 30.3 Å². The van der Waals surface area contributed by atoms with Crippen LogP contribution in [0.25, 0.3) is 0 Å². The molecule has 0 amide bonds. The molecule has 130 valence electrons. The van der Waals surface area contributed by atoms with Gasteiger partial charge in [-0.2, -0.15) is 0 Å². The average molecular weight is 354 g/mol. The molecule has 0 saturated heterocycles. The summed E-state index contributed by atoms with van der Waals surface area (Å²) in [5.41, 5.74) is 1.25. The number of hydrogen-bond acceptors (Lipinski definition) is 5. The number of phenols is 2. The van der Waals surface area contributed by atoms with Gasteiger partial charge in [-0.3, -0.25) is 9.79 Å². The molecule has 8 heteroatoms. The molecule has 0 aliphatic carbocycles. The van der Waals surface area contributed by atoms with Crippen molar-refractivity contribution in [1.29, 1.82) is 0 Å². The SMILES string of the molecule is O=P(O)(O)Oc1ccc(O)cc1CC(CCO)c1ccc(O)cc1. The van der Waals surface area contributed by atoms with Crippen LogP contribution in [-0.2, 0) is 11.0 Å². The summed E-state index contributed by atoms with van der Waals surface area (Å²) in [6.45, 7) is -0.0843. The fourth-order valence-corrected chi connectivity index (χ4v) is 2.93. The molecule has 2 aromatic carbocycles. The molecule has 0 aromatic heterocycles. The predicted molar refractivity (Wildman–Crippen MR) is 87.0 cm³/mol. The summed E-state index contributed by atoms with van der Waals surface area (Å²) in [4.78, 5) is 18.0. The van der Waals surface area contributed by atoms with Crippen molar-refractivity contribution in [2.45, 2.75) is 18.8 Å². The standard InChI is InChI=1S/C16H19O7P/c17-8-7-12(11-1-3-14(18)4-2-11)9-13-10-15(19)5-6-16(13)23-24(20,21)22/h1-6,10,12,17-19H,7-9H2,(H2,20,21,22). The van der Waals surface area contributed by atoms with Crippen LogP contribution < -0.4 is 4.52 Å². The van der Waals surface area contributed by atoms with Gasteiger partial charge in [-0.05, 0) is 60.2 Å². The molecule has 2 rings (SSSR count). The number of benzene rings is 2. The van der Waals surface area contributed by atoms with Crippen molar-refractivity contribution >= 4 is 7.82 Å². The number of aromatic hydroxyl groups is 2. The highest BCUT2D eigenvalue weighted by molar-refractivity contribution is 7.46. The predicted octanol–water partition coefficient (Wildman–Crippen LogP) is 2.28. The Labute approximate surface area is 139 Å². The lowest BCUT2D eigenvalue weighted by Crippen LogP contribution is -2.07. The fraction of sp³-hybridized carbons (Fsp3) is 0.250. The van der Waals surface area contributed by atoms with Gasteiger partial charge < -0.3 is 19.8 Å². The van der Waals surface area contributed by atoms with E-state index in [4.69, 9.17) is 9.79 Å². The number of aliphatic hydroxyl groups excluding tert-OH is 1. The molecule has 0 fully saturated rings. The third kappa shape index (κ3) is 5.25. The van der Waals surface area contributed by atoms with Crippen molar-refractivity contribution in [1.82, 2.24) is 0 Å². The number of phosphoric acid groups is 1. The Balaban J connectivity index is 2.33. The molecule has 5 N–H and O–H groups in total. The van der Waals surface area contributed by atoms with Gasteiger partial charge in [-0.1, -0.05) is 12.1 Å². The Kier molecular flexibility index (Phi) is 5.85. The molecule has 0 radical (unpaired) electrons. The minimum Gasteiger partial charge on any atom is -0.508 e. The minimum absolute atomic E-state index is 0.0251. The van der Waals surface area contributed by atoms with E-state index in [0.717, 1.165) is 5.56 Å². The maximum atomic E-state index is 11.1. The van der Waals surface area contributed by atoms with Crippen LogP contribution in [0.1, 0.15) is 23.5 Å². The van der Waals surface area contributed by atoms with E-state index in [9.17, 15) is 19.9 Å². The highest BCUT2D eigenvalue weighted by atomic mass is 31.2. The Hall–Kier alpha value is -2.05. The number of phosphoric ester groups is 1. The first-order chi connectivity index (χ1) is 11.3. The lowest BCUT2D eigenvalue weighted by Gasteiger charge is -2.19. The maximum Gasteiger partial charge on any atom is 0.524 e. The van der Waals surface area contributed by atoms with E-state index >= 15 is 0 Å². The molecule has 0 aliphatic heterocycles. The summed E-state index contributed by atoms with van der Waals surface area (Å²) >= 11 is 0. The maximum absolute atomic E-state index is 11.1. The molecule has 1 atom stereocenters. The van der Waals surface area contributed by atoms with Gasteiger partial charge >= 0.3 is 7.82 Å². The topological polar surface area (TPSA) is 127 Å². The lowest BCUT2D eigenvalue weighted by molar-refractivity contribution is 0.272. The molecule has 0 heterocycles. The summed E-state index contributed by atoms with van der Waals surface area (Å²) in [6.07, 6.45) is 0.685. The quantitative estimate of drug-likeness (QED) is 0.483. The summed E-state index contributed by atoms with van der Waals surface area (Å²) < 4.78 is 15.8. The van der Waals surface area contributed by atoms with Gasteiger partial charge in [-0.15, -0.1) is 0 Å². The minimum atomic E-state index is -4.73. The second-order valence-electron chi connectivity index (χ2n) is 5.38. The first-order valence-corrected chi connectivity index (χ1v) is 8.78. The van der Waals surface area contributed by atoms with Crippen molar-refractivity contribution in [3.63, 3.8) is 0 Å². The first-order valence-electron chi connectivity index (χ1n) is 7.25. The van der Waals surface area contributed by atoms with Crippen LogP contribution in [0.3, 0.4) is 0 Å². The van der Waals surface area contributed by atoms with Crippen LogP contribution >= 0.6 is 7.82 Å². The number of hydrogen-bond donors (Lipinski definition) is 5. The largest absolute Gasteiger partial charge is 0.524 e. The Bertz CT molecular complexity index is 724. The molecule has 0 spiro atoms. The van der Waals surface area contributed by atoms with E-state index < -0.39 is 7.82 Å². The summed E-state index contributed by atoms with van der Waals surface area (Å²) in [5, 5.41) is 28.3. The Morgan fingerprint density at radius 3 is 2.21 bits per heavy atom. The number of phenolic OH excluding ortho intramolecular Hbond substituents is 2. The van der Waals surface area contributed by atoms with E-state index in [2.05, 4.69) is 4.52 Å². The van der Waals surface area contributed by atoms with Crippen molar-refractivity contribution in [3.05, 3.63) is 53.6 Å². The van der Waals surface area contributed by atoms with Crippen LogP contribution in [0.2, 0.25) is 0 Å².